The van der Waals surface area contributed by atoms with Crippen LogP contribution in [0.15, 0.2) is 77.5 Å². The molecule has 0 saturated heterocycles. The van der Waals surface area contributed by atoms with Gasteiger partial charge in [-0.15, -0.1) is 0 Å². The molecule has 0 fully saturated rings. The number of nitrogens with one attached hydrogen (secondary N) is 1. The smallest absolute Gasteiger partial charge is 0.255 e. The lowest BCUT2D eigenvalue weighted by molar-refractivity contribution is -0.0557. The molecular weight excluding hydrogens is 420 g/mol. The van der Waals surface area contributed by atoms with Crippen LogP contribution in [0, 0.1) is 12.8 Å². The van der Waals surface area contributed by atoms with Crippen LogP contribution in [0.4, 0.5) is 20.2 Å². The Morgan fingerprint density at radius 2 is 2.09 bits per heavy atom. The van der Waals surface area contributed by atoms with Crippen LogP contribution in [0.25, 0.3) is 0 Å². The average molecular weight is 445 g/mol. The lowest BCUT2D eigenvalue weighted by atomic mass is 9.87. The summed E-state index contributed by atoms with van der Waals surface area (Å²) < 4.78 is 47.4. The van der Waals surface area contributed by atoms with Crippen molar-refractivity contribution >= 4 is 11.4 Å². The van der Waals surface area contributed by atoms with E-state index in [0.29, 0.717) is 11.4 Å². The number of para-hydroxylation sites is 1. The first kappa shape index (κ1) is 21.8. The third kappa shape index (κ3) is 3.38. The minimum atomic E-state index is -2.53. The Balaban J connectivity index is 1.62. The van der Waals surface area contributed by atoms with Crippen LogP contribution >= 0.6 is 0 Å². The monoisotopic (exact) mass is 445 g/mol. The zero-order valence-electron chi connectivity index (χ0n) is 17.9. The first-order valence-corrected chi connectivity index (χ1v) is 10.0. The number of nitrogens with zero attached hydrogens (tertiary/aromatic N) is 1. The van der Waals surface area contributed by atoms with Gasteiger partial charge in [0.2, 0.25) is 0 Å². The molecule has 0 spiro atoms. The number of anilines is 2. The van der Waals surface area contributed by atoms with Gasteiger partial charge in [-0.1, -0.05) is 12.1 Å². The van der Waals surface area contributed by atoms with E-state index in [9.17, 15) is 9.50 Å². The zero-order chi connectivity index (χ0) is 23.0. The Kier molecular flexibility index (Phi) is 5.60. The highest BCUT2D eigenvalue weighted by molar-refractivity contribution is 5.70. The highest BCUT2D eigenvalue weighted by Gasteiger charge is 2.54. The molecule has 4 N–H and O–H groups in total. The van der Waals surface area contributed by atoms with Crippen LogP contribution in [0.1, 0.15) is 5.56 Å². The first-order valence-electron chi connectivity index (χ1n) is 10.0. The maximum atomic E-state index is 16.4. The summed E-state index contributed by atoms with van der Waals surface area (Å²) in [6.45, 7) is 1.12. The highest BCUT2D eigenvalue weighted by atomic mass is 19.2. The fourth-order valence-electron chi connectivity index (χ4n) is 4.03. The Hall–Kier alpha value is -3.46. The molecule has 0 saturated carbocycles. The second-order valence-electron chi connectivity index (χ2n) is 7.60. The number of methoxy groups -OCH3 is 2. The molecule has 4 rings (SSSR count). The predicted molar refractivity (Wildman–Crippen MR) is 116 cm³/mol. The lowest BCUT2D eigenvalue weighted by Crippen LogP contribution is -2.51. The van der Waals surface area contributed by atoms with Gasteiger partial charge in [0.25, 0.3) is 5.79 Å². The van der Waals surface area contributed by atoms with Crippen LogP contribution < -0.4 is 11.1 Å². The molecular formula is C23H25F2N3O4. The molecule has 3 unspecified atom stereocenters. The number of halogens is 2. The normalized spacial score (nSPS) is 26.7. The predicted octanol–water partition coefficient (Wildman–Crippen LogP) is 3.59. The quantitative estimate of drug-likeness (QED) is 0.456. The largest absolute Gasteiger partial charge is 0.495 e. The third-order valence-corrected chi connectivity index (χ3v) is 5.74. The number of fused-ring (bicyclic) bond motifs is 1. The molecule has 2 aliphatic heterocycles. The fraction of sp³-hybridized carbons (Fsp3) is 0.304. The summed E-state index contributed by atoms with van der Waals surface area (Å²) in [5.74, 6) is -5.02. The molecule has 9 heteroatoms. The van der Waals surface area contributed by atoms with Gasteiger partial charge in [-0.25, -0.2) is 8.78 Å². The van der Waals surface area contributed by atoms with E-state index in [1.54, 1.807) is 12.1 Å². The van der Waals surface area contributed by atoms with Crippen LogP contribution in [-0.2, 0) is 14.2 Å². The molecule has 1 aromatic carbocycles. The van der Waals surface area contributed by atoms with Gasteiger partial charge >= 0.3 is 0 Å². The van der Waals surface area contributed by atoms with Crippen molar-refractivity contribution < 1.29 is 28.1 Å². The van der Waals surface area contributed by atoms with Gasteiger partial charge in [-0.05, 0) is 30.7 Å². The van der Waals surface area contributed by atoms with Crippen LogP contribution in [0.5, 0.6) is 0 Å². The molecule has 1 aromatic rings. The van der Waals surface area contributed by atoms with Gasteiger partial charge in [0.1, 0.15) is 5.76 Å². The summed E-state index contributed by atoms with van der Waals surface area (Å²) in [5, 5.41) is 13.0. The van der Waals surface area contributed by atoms with Crippen LogP contribution in [-0.4, -0.2) is 42.9 Å². The number of benzene rings is 1. The zero-order valence-corrected chi connectivity index (χ0v) is 17.9. The summed E-state index contributed by atoms with van der Waals surface area (Å²) in [6, 6.07) is 5.57. The molecule has 170 valence electrons. The number of nitrogen functional groups attached to an aromatic ring is 1. The van der Waals surface area contributed by atoms with Gasteiger partial charge < -0.3 is 35.3 Å². The van der Waals surface area contributed by atoms with Crippen molar-refractivity contribution in [2.75, 3.05) is 31.9 Å². The van der Waals surface area contributed by atoms with E-state index in [1.807, 2.05) is 25.1 Å². The lowest BCUT2D eigenvalue weighted by Gasteiger charge is -2.42. The van der Waals surface area contributed by atoms with Crippen molar-refractivity contribution in [3.05, 3.63) is 83.1 Å². The number of hydrogen-bond donors (Lipinski definition) is 3. The summed E-state index contributed by atoms with van der Waals surface area (Å²) in [4.78, 5) is 1.13. The van der Waals surface area contributed by atoms with E-state index in [1.165, 1.54) is 26.6 Å². The number of aliphatic hydroxyl groups excluding tert-OH is 1. The van der Waals surface area contributed by atoms with Crippen molar-refractivity contribution in [3.63, 3.8) is 0 Å². The second kappa shape index (κ2) is 8.23. The summed E-state index contributed by atoms with van der Waals surface area (Å²) >= 11 is 0. The molecule has 32 heavy (non-hydrogen) atoms. The van der Waals surface area contributed by atoms with E-state index in [2.05, 4.69) is 5.32 Å². The number of allylic oxidation sites excluding steroid dienone is 2. The fourth-order valence-corrected chi connectivity index (χ4v) is 4.03. The van der Waals surface area contributed by atoms with E-state index < -0.39 is 30.4 Å². The number of aryl methyl sites for hydroxylation is 1. The molecule has 3 aliphatic rings. The maximum Gasteiger partial charge on any atom is 0.255 e. The van der Waals surface area contributed by atoms with Gasteiger partial charge in [0, 0.05) is 24.0 Å². The van der Waals surface area contributed by atoms with Crippen molar-refractivity contribution in [1.82, 2.24) is 4.90 Å². The Morgan fingerprint density at radius 1 is 1.31 bits per heavy atom. The molecule has 0 radical (unpaired) electrons. The van der Waals surface area contributed by atoms with Crippen molar-refractivity contribution in [2.24, 2.45) is 5.92 Å². The van der Waals surface area contributed by atoms with Crippen LogP contribution in [0.2, 0.25) is 0 Å². The first-order chi connectivity index (χ1) is 15.3. The van der Waals surface area contributed by atoms with Gasteiger partial charge in [-0.2, -0.15) is 0 Å². The number of alkyl halides is 1. The minimum Gasteiger partial charge on any atom is -0.495 e. The van der Waals surface area contributed by atoms with E-state index >= 15 is 4.39 Å². The van der Waals surface area contributed by atoms with E-state index in [4.69, 9.17) is 19.9 Å². The number of hydrogen-bond acceptors (Lipinski definition) is 7. The van der Waals surface area contributed by atoms with Crippen molar-refractivity contribution in [1.29, 1.82) is 0 Å². The Morgan fingerprint density at radius 3 is 2.75 bits per heavy atom. The minimum absolute atomic E-state index is 0.194. The molecule has 0 bridgehead atoms. The second-order valence-corrected chi connectivity index (χ2v) is 7.60. The van der Waals surface area contributed by atoms with Crippen molar-refractivity contribution in [3.8, 4) is 0 Å². The number of aliphatic hydroxyl groups is 1. The molecule has 0 amide bonds. The molecule has 0 aromatic heterocycles. The summed E-state index contributed by atoms with van der Waals surface area (Å²) in [7, 11) is 2.54. The highest BCUT2D eigenvalue weighted by Crippen LogP contribution is 2.46. The Bertz CT molecular complexity index is 1060. The number of rotatable bonds is 6. The van der Waals surface area contributed by atoms with Crippen LogP contribution in [0.3, 0.4) is 0 Å². The van der Waals surface area contributed by atoms with Gasteiger partial charge in [-0.3, -0.25) is 0 Å². The van der Waals surface area contributed by atoms with Crippen molar-refractivity contribution in [2.45, 2.75) is 18.9 Å². The summed E-state index contributed by atoms with van der Waals surface area (Å²) in [6.07, 6.45) is 6.94. The molecule has 2 heterocycles. The topological polar surface area (TPSA) is 89.2 Å². The summed E-state index contributed by atoms with van der Waals surface area (Å²) in [5.41, 5.74) is 9.06. The Labute approximate surface area is 184 Å². The van der Waals surface area contributed by atoms with Gasteiger partial charge in [0.05, 0.1) is 38.1 Å². The third-order valence-electron chi connectivity index (χ3n) is 5.74. The van der Waals surface area contributed by atoms with E-state index in [-0.39, 0.29) is 11.5 Å². The molecule has 1 aliphatic carbocycles. The SMILES string of the molecule is COC1=CC(OC)=C(F)C(CO)C1(F)N1C=CC2=CC(Nc3c(C)cccc3N)OC2=C1. The molecule has 7 nitrogen and oxygen atoms in total. The molecule has 3 atom stereocenters. The standard InChI is InChI=1S/C23H25F2N3O4/c1-13-5-4-6-16(26)22(13)27-20-9-14-7-8-28(11-18(14)32-20)23(25)15(12-29)21(24)17(30-2)10-19(23)31-3/h4-11,15,20,27,29H,12,26H2,1-3H3. The number of ether oxygens (including phenoxy) is 3. The average Bonchev–Trinajstić information content (AvgIpc) is 3.18. The van der Waals surface area contributed by atoms with E-state index in [0.717, 1.165) is 27.8 Å². The maximum absolute atomic E-state index is 16.4. The number of nitrogens with two attached hydrogens (primary N) is 1. The van der Waals surface area contributed by atoms with Gasteiger partial charge in [0.15, 0.2) is 23.6 Å².